The predicted octanol–water partition coefficient (Wildman–Crippen LogP) is 3.34. The third kappa shape index (κ3) is 6.30. The topological polar surface area (TPSA) is 43.3 Å². The summed E-state index contributed by atoms with van der Waals surface area (Å²) in [6, 6.07) is 3.87. The molecule has 6 nitrogen and oxygen atoms in total. The van der Waals surface area contributed by atoms with Crippen molar-refractivity contribution in [3.63, 3.8) is 0 Å². The van der Waals surface area contributed by atoms with Crippen LogP contribution >= 0.6 is 24.0 Å². The number of nitrogens with one attached hydrogen (secondary N) is 1. The van der Waals surface area contributed by atoms with E-state index < -0.39 is 11.6 Å². The average Bonchev–Trinajstić information content (AvgIpc) is 2.77. The standard InChI is InChI=1S/C23H37F2N5O.HI/c1-5-21(19-7-6-18(24)16-20(19)25)29-10-12-30(13-11-29)22(26-2)27-17-23(28(3)4)8-14-31-15-9-23;/h6-7,16,21H,5,8-15,17H2,1-4H3,(H,26,27);1H. The smallest absolute Gasteiger partial charge is 0.193 e. The Morgan fingerprint density at radius 3 is 2.38 bits per heavy atom. The second kappa shape index (κ2) is 12.4. The van der Waals surface area contributed by atoms with Crippen LogP contribution in [0.4, 0.5) is 8.78 Å². The van der Waals surface area contributed by atoms with E-state index >= 15 is 0 Å². The highest BCUT2D eigenvalue weighted by Gasteiger charge is 2.35. The molecule has 2 fully saturated rings. The van der Waals surface area contributed by atoms with Crippen molar-refractivity contribution >= 4 is 29.9 Å². The number of hydrogen-bond acceptors (Lipinski definition) is 4. The number of guanidine groups is 1. The van der Waals surface area contributed by atoms with Gasteiger partial charge in [0, 0.05) is 76.2 Å². The van der Waals surface area contributed by atoms with Crippen LogP contribution in [0.2, 0.25) is 0 Å². The highest BCUT2D eigenvalue weighted by Crippen LogP contribution is 2.28. The summed E-state index contributed by atoms with van der Waals surface area (Å²) >= 11 is 0. The van der Waals surface area contributed by atoms with Gasteiger partial charge in [-0.2, -0.15) is 0 Å². The lowest BCUT2D eigenvalue weighted by molar-refractivity contribution is -0.00539. The predicted molar refractivity (Wildman–Crippen MR) is 136 cm³/mol. The van der Waals surface area contributed by atoms with Crippen LogP contribution in [0.1, 0.15) is 37.8 Å². The van der Waals surface area contributed by atoms with Gasteiger partial charge in [0.2, 0.25) is 0 Å². The van der Waals surface area contributed by atoms with Crippen molar-refractivity contribution in [3.05, 3.63) is 35.4 Å². The minimum absolute atomic E-state index is 0. The molecule has 0 spiro atoms. The first kappa shape index (κ1) is 27.2. The number of piperazine rings is 1. The Balaban J connectivity index is 0.00000363. The molecule has 0 aliphatic carbocycles. The van der Waals surface area contributed by atoms with Crippen LogP contribution in [-0.4, -0.2) is 93.3 Å². The summed E-state index contributed by atoms with van der Waals surface area (Å²) in [4.78, 5) is 11.4. The van der Waals surface area contributed by atoms with Gasteiger partial charge < -0.3 is 19.9 Å². The number of rotatable bonds is 6. The fourth-order valence-corrected chi connectivity index (χ4v) is 4.80. The van der Waals surface area contributed by atoms with Gasteiger partial charge >= 0.3 is 0 Å². The maximum Gasteiger partial charge on any atom is 0.193 e. The van der Waals surface area contributed by atoms with E-state index in [1.54, 1.807) is 6.07 Å². The minimum atomic E-state index is -0.532. The van der Waals surface area contributed by atoms with Gasteiger partial charge in [-0.1, -0.05) is 13.0 Å². The summed E-state index contributed by atoms with van der Waals surface area (Å²) < 4.78 is 33.3. The van der Waals surface area contributed by atoms with Gasteiger partial charge in [0.25, 0.3) is 0 Å². The number of benzene rings is 1. The number of ether oxygens (including phenoxy) is 1. The zero-order valence-corrected chi connectivity index (χ0v) is 22.1. The van der Waals surface area contributed by atoms with Crippen LogP contribution in [-0.2, 0) is 4.74 Å². The molecule has 2 saturated heterocycles. The lowest BCUT2D eigenvalue weighted by Gasteiger charge is -2.44. The zero-order chi connectivity index (χ0) is 22.4. The molecule has 1 aromatic carbocycles. The van der Waals surface area contributed by atoms with E-state index in [1.807, 2.05) is 7.05 Å². The van der Waals surface area contributed by atoms with E-state index in [0.717, 1.165) is 77.2 Å². The molecule has 3 rings (SSSR count). The molecule has 2 aliphatic heterocycles. The van der Waals surface area contributed by atoms with Crippen molar-refractivity contribution in [2.75, 3.05) is 67.1 Å². The maximum absolute atomic E-state index is 14.4. The Morgan fingerprint density at radius 2 is 1.84 bits per heavy atom. The van der Waals surface area contributed by atoms with Gasteiger partial charge in [0.1, 0.15) is 11.6 Å². The molecular formula is C23H38F2IN5O. The van der Waals surface area contributed by atoms with Crippen molar-refractivity contribution in [2.45, 2.75) is 37.8 Å². The monoisotopic (exact) mass is 565 g/mol. The Labute approximate surface area is 208 Å². The molecule has 0 aromatic heterocycles. The molecule has 9 heteroatoms. The summed E-state index contributed by atoms with van der Waals surface area (Å²) in [6.07, 6.45) is 2.78. The van der Waals surface area contributed by atoms with Crippen molar-refractivity contribution in [2.24, 2.45) is 4.99 Å². The zero-order valence-electron chi connectivity index (χ0n) is 19.7. The van der Waals surface area contributed by atoms with Crippen LogP contribution in [0.15, 0.2) is 23.2 Å². The van der Waals surface area contributed by atoms with Crippen LogP contribution in [0.5, 0.6) is 0 Å². The second-order valence-electron chi connectivity index (χ2n) is 8.74. The first-order chi connectivity index (χ1) is 14.9. The van der Waals surface area contributed by atoms with Crippen LogP contribution in [0, 0.1) is 11.6 Å². The van der Waals surface area contributed by atoms with E-state index in [0.29, 0.717) is 5.56 Å². The van der Waals surface area contributed by atoms with Gasteiger partial charge in [-0.05, 0) is 39.4 Å². The first-order valence-electron chi connectivity index (χ1n) is 11.3. The van der Waals surface area contributed by atoms with Gasteiger partial charge in [0.15, 0.2) is 5.96 Å². The molecular weight excluding hydrogens is 527 g/mol. The van der Waals surface area contributed by atoms with Crippen molar-refractivity contribution < 1.29 is 13.5 Å². The molecule has 1 N–H and O–H groups in total. The minimum Gasteiger partial charge on any atom is -0.381 e. The van der Waals surface area contributed by atoms with E-state index in [2.05, 4.69) is 46.0 Å². The fraction of sp³-hybridized carbons (Fsp3) is 0.696. The van der Waals surface area contributed by atoms with E-state index in [-0.39, 0.29) is 35.6 Å². The van der Waals surface area contributed by atoms with Crippen molar-refractivity contribution in [3.8, 4) is 0 Å². The molecule has 1 unspecified atom stereocenters. The molecule has 0 bridgehead atoms. The summed E-state index contributed by atoms with van der Waals surface area (Å²) in [5, 5.41) is 3.59. The molecule has 182 valence electrons. The highest BCUT2D eigenvalue weighted by atomic mass is 127. The maximum atomic E-state index is 14.4. The molecule has 2 aliphatic rings. The molecule has 1 aromatic rings. The summed E-state index contributed by atoms with van der Waals surface area (Å²) in [5.41, 5.74) is 0.649. The number of likely N-dealkylation sites (N-methyl/N-ethyl adjacent to an activating group) is 1. The van der Waals surface area contributed by atoms with Crippen molar-refractivity contribution in [1.82, 2.24) is 20.0 Å². The average molecular weight is 565 g/mol. The van der Waals surface area contributed by atoms with Crippen LogP contribution < -0.4 is 5.32 Å². The van der Waals surface area contributed by atoms with Gasteiger partial charge in [-0.3, -0.25) is 9.89 Å². The Kier molecular flexibility index (Phi) is 10.6. The first-order valence-corrected chi connectivity index (χ1v) is 11.3. The molecule has 0 radical (unpaired) electrons. The fourth-order valence-electron chi connectivity index (χ4n) is 4.80. The highest BCUT2D eigenvalue weighted by molar-refractivity contribution is 14.0. The lowest BCUT2D eigenvalue weighted by Crippen LogP contribution is -2.59. The second-order valence-corrected chi connectivity index (χ2v) is 8.74. The third-order valence-electron chi connectivity index (χ3n) is 6.92. The molecule has 32 heavy (non-hydrogen) atoms. The van der Waals surface area contributed by atoms with Gasteiger partial charge in [-0.25, -0.2) is 8.78 Å². The SMILES string of the molecule is CCC(c1ccc(F)cc1F)N1CCN(C(=NC)NCC2(N(C)C)CCOCC2)CC1.I. The van der Waals surface area contributed by atoms with E-state index in [9.17, 15) is 8.78 Å². The Bertz CT molecular complexity index is 750. The van der Waals surface area contributed by atoms with Crippen LogP contribution in [0.3, 0.4) is 0 Å². The largest absolute Gasteiger partial charge is 0.381 e. The normalized spacial score (nSPS) is 20.7. The van der Waals surface area contributed by atoms with Crippen molar-refractivity contribution in [1.29, 1.82) is 0 Å². The number of aliphatic imine (C=N–C) groups is 1. The molecule has 2 heterocycles. The third-order valence-corrected chi connectivity index (χ3v) is 6.92. The van der Waals surface area contributed by atoms with E-state index in [4.69, 9.17) is 4.74 Å². The quantitative estimate of drug-likeness (QED) is 0.326. The lowest BCUT2D eigenvalue weighted by atomic mass is 9.88. The number of halogens is 3. The van der Waals surface area contributed by atoms with Gasteiger partial charge in [-0.15, -0.1) is 24.0 Å². The Morgan fingerprint density at radius 1 is 1.19 bits per heavy atom. The number of nitrogens with zero attached hydrogens (tertiary/aromatic N) is 4. The summed E-state index contributed by atoms with van der Waals surface area (Å²) in [6.45, 7) is 7.70. The molecule has 1 atom stereocenters. The van der Waals surface area contributed by atoms with Gasteiger partial charge in [0.05, 0.1) is 0 Å². The molecule has 0 saturated carbocycles. The van der Waals surface area contributed by atoms with E-state index in [1.165, 1.54) is 6.07 Å². The Hall–Kier alpha value is -1.04. The summed E-state index contributed by atoms with van der Waals surface area (Å²) in [7, 11) is 6.09. The summed E-state index contributed by atoms with van der Waals surface area (Å²) in [5.74, 6) is -0.0820. The molecule has 0 amide bonds. The van der Waals surface area contributed by atoms with Crippen LogP contribution in [0.25, 0.3) is 0 Å². The number of hydrogen-bond donors (Lipinski definition) is 1.